The van der Waals surface area contributed by atoms with Crippen molar-refractivity contribution >= 4 is 28.1 Å². The van der Waals surface area contributed by atoms with Crippen LogP contribution in [0.3, 0.4) is 0 Å². The number of hydrogen-bond donors (Lipinski definition) is 1. The summed E-state index contributed by atoms with van der Waals surface area (Å²) < 4.78 is 16.7. The Bertz CT molecular complexity index is 720. The molecule has 0 saturated carbocycles. The Hall–Kier alpha value is -2.54. The monoisotopic (exact) mass is 392 g/mol. The smallest absolute Gasteiger partial charge is 0.271 e. The minimum absolute atomic E-state index is 0.300. The lowest BCUT2D eigenvalue weighted by Crippen LogP contribution is -2.17. The van der Waals surface area contributed by atoms with Crippen LogP contribution in [0.5, 0.6) is 17.2 Å². The Morgan fingerprint density at radius 3 is 2.12 bits per heavy atom. The number of ether oxygens (including phenoxy) is 3. The van der Waals surface area contributed by atoms with Crippen molar-refractivity contribution in [1.29, 1.82) is 0 Å². The molecule has 2 rings (SSSR count). The van der Waals surface area contributed by atoms with Gasteiger partial charge >= 0.3 is 0 Å². The largest absolute Gasteiger partial charge is 0.493 e. The Kier molecular flexibility index (Phi) is 6.20. The molecular formula is C17H17BrN2O4. The molecule has 0 spiro atoms. The highest BCUT2D eigenvalue weighted by molar-refractivity contribution is 9.10. The van der Waals surface area contributed by atoms with Gasteiger partial charge in [-0.3, -0.25) is 4.79 Å². The summed E-state index contributed by atoms with van der Waals surface area (Å²) in [5.74, 6) is 1.22. The van der Waals surface area contributed by atoms with Crippen LogP contribution >= 0.6 is 15.9 Å². The predicted octanol–water partition coefficient (Wildman–Crippen LogP) is 3.24. The quantitative estimate of drug-likeness (QED) is 0.605. The van der Waals surface area contributed by atoms with Gasteiger partial charge in [-0.25, -0.2) is 5.43 Å². The molecular weight excluding hydrogens is 376 g/mol. The van der Waals surface area contributed by atoms with E-state index in [-0.39, 0.29) is 5.91 Å². The Morgan fingerprint density at radius 2 is 1.62 bits per heavy atom. The maximum atomic E-state index is 12.0. The van der Waals surface area contributed by atoms with E-state index in [2.05, 4.69) is 26.5 Å². The number of methoxy groups -OCH3 is 3. The summed E-state index contributed by atoms with van der Waals surface area (Å²) in [6.07, 6.45) is 1.50. The van der Waals surface area contributed by atoms with Crippen molar-refractivity contribution in [3.05, 3.63) is 52.0 Å². The van der Waals surface area contributed by atoms with Gasteiger partial charge in [0.25, 0.3) is 5.91 Å². The van der Waals surface area contributed by atoms with E-state index in [1.807, 2.05) is 0 Å². The second kappa shape index (κ2) is 8.35. The molecule has 0 unspecified atom stereocenters. The van der Waals surface area contributed by atoms with E-state index >= 15 is 0 Å². The summed E-state index contributed by atoms with van der Waals surface area (Å²) in [6, 6.07) is 10.5. The van der Waals surface area contributed by atoms with E-state index < -0.39 is 0 Å². The average Bonchev–Trinajstić information content (AvgIpc) is 2.61. The third kappa shape index (κ3) is 4.26. The summed E-state index contributed by atoms with van der Waals surface area (Å²) in [5.41, 5.74) is 3.68. The number of nitrogens with zero attached hydrogens (tertiary/aromatic N) is 1. The van der Waals surface area contributed by atoms with Gasteiger partial charge in [0, 0.05) is 15.6 Å². The standard InChI is InChI=1S/C17H17BrN2O4/c1-22-14-8-11(9-15(23-2)16(14)24-3)10-19-20-17(21)12-4-6-13(18)7-5-12/h4-10H,1-3H3,(H,20,21)/b19-10-. The normalized spacial score (nSPS) is 10.5. The molecule has 0 aliphatic carbocycles. The van der Waals surface area contributed by atoms with Crippen LogP contribution in [0.15, 0.2) is 46.0 Å². The number of hydrogen-bond acceptors (Lipinski definition) is 5. The lowest BCUT2D eigenvalue weighted by molar-refractivity contribution is 0.0955. The van der Waals surface area contributed by atoms with E-state index in [1.165, 1.54) is 27.5 Å². The Morgan fingerprint density at radius 1 is 1.04 bits per heavy atom. The van der Waals surface area contributed by atoms with Crippen LogP contribution < -0.4 is 19.6 Å². The van der Waals surface area contributed by atoms with Gasteiger partial charge in [0.1, 0.15) is 0 Å². The van der Waals surface area contributed by atoms with Gasteiger partial charge < -0.3 is 14.2 Å². The maximum absolute atomic E-state index is 12.0. The van der Waals surface area contributed by atoms with Gasteiger partial charge in [0.05, 0.1) is 27.5 Å². The van der Waals surface area contributed by atoms with Gasteiger partial charge in [0.2, 0.25) is 5.75 Å². The second-order valence-corrected chi connectivity index (χ2v) is 5.58. The summed E-state index contributed by atoms with van der Waals surface area (Å²) in [7, 11) is 4.60. The lowest BCUT2D eigenvalue weighted by Gasteiger charge is -2.12. The molecule has 126 valence electrons. The van der Waals surface area contributed by atoms with Crippen LogP contribution in [0.2, 0.25) is 0 Å². The molecule has 2 aromatic carbocycles. The van der Waals surface area contributed by atoms with E-state index in [4.69, 9.17) is 14.2 Å². The molecule has 7 heteroatoms. The first-order chi connectivity index (χ1) is 11.6. The van der Waals surface area contributed by atoms with Crippen molar-refractivity contribution in [3.8, 4) is 17.2 Å². The van der Waals surface area contributed by atoms with Crippen LogP contribution in [0.25, 0.3) is 0 Å². The van der Waals surface area contributed by atoms with E-state index in [0.29, 0.717) is 28.4 Å². The van der Waals surface area contributed by atoms with Crippen molar-refractivity contribution < 1.29 is 19.0 Å². The number of rotatable bonds is 6. The molecule has 0 radical (unpaired) electrons. The van der Waals surface area contributed by atoms with Crippen LogP contribution in [-0.2, 0) is 0 Å². The van der Waals surface area contributed by atoms with E-state index in [0.717, 1.165) is 4.47 Å². The molecule has 0 aliphatic heterocycles. The summed E-state index contributed by atoms with van der Waals surface area (Å²) in [4.78, 5) is 12.0. The number of benzene rings is 2. The van der Waals surface area contributed by atoms with Gasteiger partial charge in [0.15, 0.2) is 11.5 Å². The van der Waals surface area contributed by atoms with Crippen molar-refractivity contribution in [2.24, 2.45) is 5.10 Å². The van der Waals surface area contributed by atoms with Crippen LogP contribution in [0.4, 0.5) is 0 Å². The topological polar surface area (TPSA) is 69.2 Å². The third-order valence-electron chi connectivity index (χ3n) is 3.17. The Balaban J connectivity index is 2.14. The molecule has 0 atom stereocenters. The van der Waals surface area contributed by atoms with Crippen LogP contribution in [0, 0.1) is 0 Å². The number of halogens is 1. The SMILES string of the molecule is COc1cc(/C=N\NC(=O)c2ccc(Br)cc2)cc(OC)c1OC. The zero-order valence-corrected chi connectivity index (χ0v) is 15.1. The van der Waals surface area contributed by atoms with Crippen LogP contribution in [-0.4, -0.2) is 33.5 Å². The number of carbonyl (C=O) groups excluding carboxylic acids is 1. The molecule has 1 N–H and O–H groups in total. The first-order valence-corrected chi connectivity index (χ1v) is 7.77. The highest BCUT2D eigenvalue weighted by atomic mass is 79.9. The predicted molar refractivity (Wildman–Crippen MR) is 95.3 cm³/mol. The highest BCUT2D eigenvalue weighted by Gasteiger charge is 2.12. The van der Waals surface area contributed by atoms with Crippen LogP contribution in [0.1, 0.15) is 15.9 Å². The highest BCUT2D eigenvalue weighted by Crippen LogP contribution is 2.37. The number of carbonyl (C=O) groups is 1. The molecule has 6 nitrogen and oxygen atoms in total. The molecule has 0 aromatic heterocycles. The number of nitrogens with one attached hydrogen (secondary N) is 1. The maximum Gasteiger partial charge on any atom is 0.271 e. The fourth-order valence-electron chi connectivity index (χ4n) is 2.01. The second-order valence-electron chi connectivity index (χ2n) is 4.66. The minimum atomic E-state index is -0.300. The van der Waals surface area contributed by atoms with Gasteiger partial charge in [-0.1, -0.05) is 15.9 Å². The molecule has 0 aliphatic rings. The summed E-state index contributed by atoms with van der Waals surface area (Å²) in [5, 5.41) is 3.96. The summed E-state index contributed by atoms with van der Waals surface area (Å²) >= 11 is 3.32. The fourth-order valence-corrected chi connectivity index (χ4v) is 2.27. The molecule has 0 bridgehead atoms. The summed E-state index contributed by atoms with van der Waals surface area (Å²) in [6.45, 7) is 0. The fraction of sp³-hybridized carbons (Fsp3) is 0.176. The molecule has 0 heterocycles. The zero-order valence-electron chi connectivity index (χ0n) is 13.5. The van der Waals surface area contributed by atoms with E-state index in [1.54, 1.807) is 36.4 Å². The van der Waals surface area contributed by atoms with E-state index in [9.17, 15) is 4.79 Å². The minimum Gasteiger partial charge on any atom is -0.493 e. The Labute approximate surface area is 148 Å². The van der Waals surface area contributed by atoms with Crippen molar-refractivity contribution in [1.82, 2.24) is 5.43 Å². The van der Waals surface area contributed by atoms with Crippen molar-refractivity contribution in [2.45, 2.75) is 0 Å². The van der Waals surface area contributed by atoms with Crippen molar-refractivity contribution in [3.63, 3.8) is 0 Å². The third-order valence-corrected chi connectivity index (χ3v) is 3.70. The molecule has 24 heavy (non-hydrogen) atoms. The number of amides is 1. The lowest BCUT2D eigenvalue weighted by atomic mass is 10.2. The average molecular weight is 393 g/mol. The van der Waals surface area contributed by atoms with Crippen molar-refractivity contribution in [2.75, 3.05) is 21.3 Å². The van der Waals surface area contributed by atoms with Gasteiger partial charge in [-0.15, -0.1) is 0 Å². The zero-order chi connectivity index (χ0) is 17.5. The molecule has 0 fully saturated rings. The first kappa shape index (κ1) is 17.8. The van der Waals surface area contributed by atoms with Gasteiger partial charge in [-0.2, -0.15) is 5.10 Å². The van der Waals surface area contributed by atoms with Gasteiger partial charge in [-0.05, 0) is 36.4 Å². The first-order valence-electron chi connectivity index (χ1n) is 6.98. The molecule has 1 amide bonds. The number of hydrazone groups is 1. The molecule has 2 aromatic rings. The molecule has 0 saturated heterocycles.